The van der Waals surface area contributed by atoms with Crippen LogP contribution in [0, 0.1) is 0 Å². The zero-order valence-corrected chi connectivity index (χ0v) is 10.6. The zero-order valence-electron chi connectivity index (χ0n) is 10.6. The van der Waals surface area contributed by atoms with E-state index in [-0.39, 0.29) is 35.3 Å². The van der Waals surface area contributed by atoms with Crippen molar-refractivity contribution in [1.29, 1.82) is 0 Å². The predicted molar refractivity (Wildman–Crippen MR) is 74.5 cm³/mol. The maximum atomic E-state index is 11.2. The van der Waals surface area contributed by atoms with Crippen molar-refractivity contribution in [3.05, 3.63) is 41.6 Å². The normalized spacial score (nSPS) is 12.0. The second kappa shape index (κ2) is 8.63. The Bertz CT molecular complexity index is 498. The number of carboxylic acid groups (broad SMARTS) is 1. The minimum absolute atomic E-state index is 0. The summed E-state index contributed by atoms with van der Waals surface area (Å²) in [5.74, 6) is -1.61. The number of carboxylic acids is 1. The van der Waals surface area contributed by atoms with Crippen LogP contribution < -0.4 is 5.32 Å². The van der Waals surface area contributed by atoms with E-state index in [1.54, 1.807) is 6.92 Å². The summed E-state index contributed by atoms with van der Waals surface area (Å²) >= 11 is 0. The first-order chi connectivity index (χ1) is 8.93. The van der Waals surface area contributed by atoms with Gasteiger partial charge in [0, 0.05) is 11.8 Å². The molecule has 0 radical (unpaired) electrons. The number of aromatic hydroxyl groups is 1. The number of phenolic OH excluding ortho intramolecular Hbond substituents is 1. The van der Waals surface area contributed by atoms with E-state index in [2.05, 4.69) is 10.1 Å². The summed E-state index contributed by atoms with van der Waals surface area (Å²) in [6, 6.07) is 4.76. The Morgan fingerprint density at radius 3 is 2.30 bits per heavy atom. The summed E-state index contributed by atoms with van der Waals surface area (Å²) in [6.07, 6.45) is 1.16. The van der Waals surface area contributed by atoms with Gasteiger partial charge in [-0.2, -0.15) is 0 Å². The number of aliphatic carboxylic acids is 1. The molecule has 0 saturated heterocycles. The van der Waals surface area contributed by atoms with Crippen molar-refractivity contribution in [2.24, 2.45) is 0 Å². The van der Waals surface area contributed by atoms with Crippen LogP contribution in [0.2, 0.25) is 0 Å². The second-order valence-electron chi connectivity index (χ2n) is 3.86. The molecule has 0 aliphatic heterocycles. The molecule has 0 aliphatic carbocycles. The third-order valence-electron chi connectivity index (χ3n) is 2.38. The fourth-order valence-electron chi connectivity index (χ4n) is 1.46. The van der Waals surface area contributed by atoms with Gasteiger partial charge in [-0.05, 0) is 24.6 Å². The van der Waals surface area contributed by atoms with E-state index in [1.807, 2.05) is 0 Å². The van der Waals surface area contributed by atoms with Crippen molar-refractivity contribution in [3.63, 3.8) is 0 Å². The fraction of sp³-hybridized carbons (Fsp3) is 0.231. The van der Waals surface area contributed by atoms with E-state index in [1.165, 1.54) is 31.4 Å². The first-order valence-corrected chi connectivity index (χ1v) is 5.48. The van der Waals surface area contributed by atoms with Crippen LogP contribution in [0.25, 0.3) is 0 Å². The van der Waals surface area contributed by atoms with Gasteiger partial charge in [-0.25, -0.2) is 9.59 Å². The molecule has 1 atom stereocenters. The number of benzene rings is 1. The quantitative estimate of drug-likeness (QED) is 0.416. The molecule has 0 bridgehead atoms. The minimum atomic E-state index is -1.09. The van der Waals surface area contributed by atoms with E-state index >= 15 is 0 Å². The molecule has 0 aromatic heterocycles. The number of hydrogen-bond acceptors (Lipinski definition) is 5. The number of hydrogen-bond donors (Lipinski definition) is 3. The molecule has 0 aliphatic rings. The van der Waals surface area contributed by atoms with Crippen molar-refractivity contribution in [2.75, 3.05) is 7.11 Å². The van der Waals surface area contributed by atoms with Crippen LogP contribution in [0.4, 0.5) is 0 Å². The van der Waals surface area contributed by atoms with E-state index in [9.17, 15) is 9.59 Å². The van der Waals surface area contributed by atoms with Crippen molar-refractivity contribution < 1.29 is 24.5 Å². The van der Waals surface area contributed by atoms with Gasteiger partial charge in [-0.15, -0.1) is 0 Å². The van der Waals surface area contributed by atoms with Gasteiger partial charge < -0.3 is 20.3 Å². The maximum absolute atomic E-state index is 11.2. The van der Waals surface area contributed by atoms with Gasteiger partial charge in [-0.1, -0.05) is 12.1 Å². The van der Waals surface area contributed by atoms with Crippen molar-refractivity contribution in [3.8, 4) is 5.75 Å². The standard InChI is InChI=1S/C13H15NO5.Na.H/c1-8(7-11(16)19-2)14-12(13(17)18)9-3-5-10(15)6-4-9;;/h3-7,12,14-15H,1-2H3,(H,17,18);;. The fourth-order valence-corrected chi connectivity index (χ4v) is 1.46. The van der Waals surface area contributed by atoms with Crippen LogP contribution in [-0.4, -0.2) is 58.8 Å². The van der Waals surface area contributed by atoms with Crippen LogP contribution in [0.5, 0.6) is 5.75 Å². The van der Waals surface area contributed by atoms with E-state index in [4.69, 9.17) is 10.2 Å². The third-order valence-corrected chi connectivity index (χ3v) is 2.38. The molecule has 104 valence electrons. The van der Waals surface area contributed by atoms with Gasteiger partial charge in [0.05, 0.1) is 7.11 Å². The average molecular weight is 289 g/mol. The first kappa shape index (κ1) is 18.5. The molecule has 6 nitrogen and oxygen atoms in total. The van der Waals surface area contributed by atoms with Crippen LogP contribution in [0.1, 0.15) is 18.5 Å². The molecule has 0 spiro atoms. The number of methoxy groups -OCH3 is 1. The molecule has 0 saturated carbocycles. The summed E-state index contributed by atoms with van der Waals surface area (Å²) < 4.78 is 4.45. The van der Waals surface area contributed by atoms with Gasteiger partial charge in [-0.3, -0.25) is 0 Å². The van der Waals surface area contributed by atoms with Crippen LogP contribution >= 0.6 is 0 Å². The van der Waals surface area contributed by atoms with E-state index in [0.717, 1.165) is 6.08 Å². The number of carbonyl (C=O) groups excluding carboxylic acids is 1. The van der Waals surface area contributed by atoms with Gasteiger partial charge in [0.25, 0.3) is 0 Å². The average Bonchev–Trinajstić information content (AvgIpc) is 2.36. The Labute approximate surface area is 138 Å². The summed E-state index contributed by atoms with van der Waals surface area (Å²) in [5, 5.41) is 21.0. The number of esters is 1. The molecule has 0 fully saturated rings. The molecule has 0 amide bonds. The third kappa shape index (κ3) is 5.64. The van der Waals surface area contributed by atoms with Crippen LogP contribution in [0.3, 0.4) is 0 Å². The van der Waals surface area contributed by atoms with E-state index in [0.29, 0.717) is 11.3 Å². The summed E-state index contributed by atoms with van der Waals surface area (Å²) in [4.78, 5) is 22.2. The van der Waals surface area contributed by atoms with Crippen molar-refractivity contribution in [2.45, 2.75) is 13.0 Å². The Hall–Kier alpha value is -1.50. The Morgan fingerprint density at radius 2 is 1.85 bits per heavy atom. The first-order valence-electron chi connectivity index (χ1n) is 5.48. The van der Waals surface area contributed by atoms with Crippen molar-refractivity contribution in [1.82, 2.24) is 5.32 Å². The number of phenols is 1. The molecule has 1 unspecified atom stereocenters. The van der Waals surface area contributed by atoms with Gasteiger partial charge in [0.2, 0.25) is 0 Å². The molecule has 1 aromatic carbocycles. The summed E-state index contributed by atoms with van der Waals surface area (Å²) in [7, 11) is 1.24. The Kier molecular flexibility index (Phi) is 7.98. The monoisotopic (exact) mass is 289 g/mol. The summed E-state index contributed by atoms with van der Waals surface area (Å²) in [6.45, 7) is 1.56. The molecule has 1 aromatic rings. The number of ether oxygens (including phenoxy) is 1. The Morgan fingerprint density at radius 1 is 1.30 bits per heavy atom. The molecule has 20 heavy (non-hydrogen) atoms. The molecular weight excluding hydrogens is 273 g/mol. The van der Waals surface area contributed by atoms with Crippen LogP contribution in [0.15, 0.2) is 36.0 Å². The molecule has 7 heteroatoms. The topological polar surface area (TPSA) is 95.9 Å². The zero-order chi connectivity index (χ0) is 14.4. The number of rotatable bonds is 5. The van der Waals surface area contributed by atoms with E-state index < -0.39 is 18.0 Å². The Balaban J connectivity index is 0.00000361. The van der Waals surface area contributed by atoms with Crippen LogP contribution in [-0.2, 0) is 14.3 Å². The van der Waals surface area contributed by atoms with Gasteiger partial charge >= 0.3 is 41.5 Å². The molecular formula is C13H16NNaO5. The number of carbonyl (C=O) groups is 2. The molecule has 0 heterocycles. The summed E-state index contributed by atoms with van der Waals surface area (Å²) in [5.41, 5.74) is 0.829. The van der Waals surface area contributed by atoms with Crippen molar-refractivity contribution >= 4 is 41.5 Å². The number of allylic oxidation sites excluding steroid dienone is 1. The van der Waals surface area contributed by atoms with Gasteiger partial charge in [0.1, 0.15) is 11.8 Å². The second-order valence-corrected chi connectivity index (χ2v) is 3.86. The number of nitrogens with one attached hydrogen (secondary N) is 1. The SMILES string of the molecule is COC(=O)C=C(C)NC(C(=O)O)c1ccc(O)cc1.[NaH]. The van der Waals surface area contributed by atoms with Gasteiger partial charge in [0.15, 0.2) is 0 Å². The predicted octanol–water partition coefficient (Wildman–Crippen LogP) is 0.536. The molecule has 3 N–H and O–H groups in total. The molecule has 1 rings (SSSR count).